The van der Waals surface area contributed by atoms with Crippen LogP contribution in [0.2, 0.25) is 0 Å². The standard InChI is InChI=1S/C15H18N2O3S/c1-2-16-6-7-17(15(20)14(16)19)10-13-9-12(11-21-13)5-3-4-8-18/h9,11,18H,2,4,6-8,10H2,1H3. The van der Waals surface area contributed by atoms with Crippen LogP contribution in [0.3, 0.4) is 0 Å². The van der Waals surface area contributed by atoms with Crippen LogP contribution < -0.4 is 0 Å². The highest BCUT2D eigenvalue weighted by atomic mass is 32.1. The quantitative estimate of drug-likeness (QED) is 0.657. The van der Waals surface area contributed by atoms with Crippen molar-refractivity contribution in [2.75, 3.05) is 26.2 Å². The molecule has 112 valence electrons. The summed E-state index contributed by atoms with van der Waals surface area (Å²) in [5.41, 5.74) is 0.884. The molecule has 6 heteroatoms. The minimum Gasteiger partial charge on any atom is -0.395 e. The monoisotopic (exact) mass is 306 g/mol. The molecule has 0 saturated carbocycles. The lowest BCUT2D eigenvalue weighted by Gasteiger charge is -2.32. The van der Waals surface area contributed by atoms with Gasteiger partial charge in [-0.25, -0.2) is 0 Å². The molecule has 5 nitrogen and oxygen atoms in total. The molecule has 2 rings (SSSR count). The molecule has 1 aliphatic heterocycles. The van der Waals surface area contributed by atoms with Crippen molar-refractivity contribution in [3.8, 4) is 11.8 Å². The molecule has 1 aliphatic rings. The molecule has 0 unspecified atom stereocenters. The van der Waals surface area contributed by atoms with Crippen LogP contribution in [0.15, 0.2) is 11.4 Å². The number of amides is 2. The van der Waals surface area contributed by atoms with Gasteiger partial charge in [0.15, 0.2) is 0 Å². The number of hydrogen-bond donors (Lipinski definition) is 1. The first-order valence-corrected chi connectivity index (χ1v) is 7.79. The van der Waals surface area contributed by atoms with Gasteiger partial charge in [0.25, 0.3) is 0 Å². The molecule has 0 radical (unpaired) electrons. The first-order valence-electron chi connectivity index (χ1n) is 6.91. The predicted octanol–water partition coefficient (Wildman–Crippen LogP) is 0.673. The second-order valence-electron chi connectivity index (χ2n) is 4.69. The van der Waals surface area contributed by atoms with E-state index in [1.807, 2.05) is 18.4 Å². The predicted molar refractivity (Wildman–Crippen MR) is 80.6 cm³/mol. The molecule has 21 heavy (non-hydrogen) atoms. The molecule has 1 fully saturated rings. The fourth-order valence-electron chi connectivity index (χ4n) is 2.11. The van der Waals surface area contributed by atoms with Gasteiger partial charge in [0.2, 0.25) is 0 Å². The summed E-state index contributed by atoms with van der Waals surface area (Å²) in [6, 6.07) is 1.93. The molecule has 0 aromatic carbocycles. The maximum atomic E-state index is 12.0. The van der Waals surface area contributed by atoms with Crippen molar-refractivity contribution in [2.45, 2.75) is 19.9 Å². The molecule has 0 bridgehead atoms. The Kier molecular flexibility index (Phi) is 5.37. The molecule has 1 aromatic rings. The molecule has 0 spiro atoms. The number of aliphatic hydroxyl groups excluding tert-OH is 1. The van der Waals surface area contributed by atoms with Gasteiger partial charge in [-0.1, -0.05) is 11.8 Å². The van der Waals surface area contributed by atoms with Crippen molar-refractivity contribution in [3.63, 3.8) is 0 Å². The average molecular weight is 306 g/mol. The maximum Gasteiger partial charge on any atom is 0.312 e. The Balaban J connectivity index is 1.98. The van der Waals surface area contributed by atoms with Crippen molar-refractivity contribution >= 4 is 23.2 Å². The Morgan fingerprint density at radius 2 is 2.00 bits per heavy atom. The van der Waals surface area contributed by atoms with Crippen molar-refractivity contribution in [1.82, 2.24) is 9.80 Å². The molecule has 2 amide bonds. The molecule has 0 aliphatic carbocycles. The van der Waals surface area contributed by atoms with Crippen LogP contribution in [0.5, 0.6) is 0 Å². The highest BCUT2D eigenvalue weighted by molar-refractivity contribution is 7.10. The highest BCUT2D eigenvalue weighted by Crippen LogP contribution is 2.18. The number of carbonyl (C=O) groups is 2. The second kappa shape index (κ2) is 7.25. The van der Waals surface area contributed by atoms with Crippen LogP contribution in [0, 0.1) is 11.8 Å². The Hall–Kier alpha value is -1.84. The minimum absolute atomic E-state index is 0.0579. The molecule has 1 N–H and O–H groups in total. The van der Waals surface area contributed by atoms with Gasteiger partial charge >= 0.3 is 11.8 Å². The maximum absolute atomic E-state index is 12.0. The zero-order chi connectivity index (χ0) is 15.2. The van der Waals surface area contributed by atoms with Gasteiger partial charge in [-0.3, -0.25) is 9.59 Å². The van der Waals surface area contributed by atoms with Crippen LogP contribution in [0.4, 0.5) is 0 Å². The number of piperazine rings is 1. The Labute approximate surface area is 128 Å². The minimum atomic E-state index is -0.426. The van der Waals surface area contributed by atoms with Crippen molar-refractivity contribution < 1.29 is 14.7 Å². The van der Waals surface area contributed by atoms with Gasteiger partial charge in [0.1, 0.15) is 0 Å². The molecular formula is C15H18N2O3S. The van der Waals surface area contributed by atoms with E-state index in [0.29, 0.717) is 32.6 Å². The normalized spacial score (nSPS) is 15.1. The zero-order valence-corrected chi connectivity index (χ0v) is 12.8. The summed E-state index contributed by atoms with van der Waals surface area (Å²) in [7, 11) is 0. The first-order chi connectivity index (χ1) is 10.2. The van der Waals surface area contributed by atoms with Gasteiger partial charge in [-0.05, 0) is 13.0 Å². The van der Waals surface area contributed by atoms with Gasteiger partial charge in [0.05, 0.1) is 13.2 Å². The summed E-state index contributed by atoms with van der Waals surface area (Å²) in [6.45, 7) is 4.12. The summed E-state index contributed by atoms with van der Waals surface area (Å²) in [5.74, 6) is 4.98. The van der Waals surface area contributed by atoms with E-state index in [1.165, 1.54) is 11.3 Å². The highest BCUT2D eigenvalue weighted by Gasteiger charge is 2.31. The molecule has 0 atom stereocenters. The molecule has 2 heterocycles. The third-order valence-corrected chi connectivity index (χ3v) is 4.17. The SMILES string of the molecule is CCN1CCN(Cc2cc(C#CCCO)cs2)C(=O)C1=O. The van der Waals surface area contributed by atoms with E-state index < -0.39 is 11.8 Å². The summed E-state index contributed by atoms with van der Waals surface area (Å²) in [5, 5.41) is 10.6. The van der Waals surface area contributed by atoms with Crippen molar-refractivity contribution in [1.29, 1.82) is 0 Å². The van der Waals surface area contributed by atoms with Crippen LogP contribution in [0.25, 0.3) is 0 Å². The number of likely N-dealkylation sites (N-methyl/N-ethyl adjacent to an activating group) is 1. The van der Waals surface area contributed by atoms with E-state index in [4.69, 9.17) is 5.11 Å². The lowest BCUT2D eigenvalue weighted by atomic mass is 10.2. The van der Waals surface area contributed by atoms with Gasteiger partial charge in [-0.15, -0.1) is 11.3 Å². The summed E-state index contributed by atoms with van der Waals surface area (Å²) in [6.07, 6.45) is 0.456. The van der Waals surface area contributed by atoms with Crippen molar-refractivity contribution in [2.24, 2.45) is 0 Å². The van der Waals surface area contributed by atoms with Crippen LogP contribution in [-0.4, -0.2) is 53.0 Å². The number of carbonyl (C=O) groups excluding carboxylic acids is 2. The van der Waals surface area contributed by atoms with E-state index in [-0.39, 0.29) is 6.61 Å². The average Bonchev–Trinajstić information content (AvgIpc) is 2.92. The summed E-state index contributed by atoms with van der Waals surface area (Å²) in [4.78, 5) is 28.0. The summed E-state index contributed by atoms with van der Waals surface area (Å²) >= 11 is 1.53. The molecular weight excluding hydrogens is 288 g/mol. The van der Waals surface area contributed by atoms with E-state index in [9.17, 15) is 9.59 Å². The third kappa shape index (κ3) is 3.84. The Morgan fingerprint density at radius 1 is 1.29 bits per heavy atom. The lowest BCUT2D eigenvalue weighted by molar-refractivity contribution is -0.156. The number of nitrogens with zero attached hydrogens (tertiary/aromatic N) is 2. The first kappa shape index (κ1) is 15.5. The topological polar surface area (TPSA) is 60.9 Å². The number of hydrogen-bond acceptors (Lipinski definition) is 4. The van der Waals surface area contributed by atoms with Crippen LogP contribution >= 0.6 is 11.3 Å². The number of aliphatic hydroxyl groups is 1. The van der Waals surface area contributed by atoms with Gasteiger partial charge < -0.3 is 14.9 Å². The summed E-state index contributed by atoms with van der Waals surface area (Å²) < 4.78 is 0. The van der Waals surface area contributed by atoms with E-state index in [0.717, 1.165) is 10.4 Å². The number of thiophene rings is 1. The molecule has 1 aromatic heterocycles. The van der Waals surface area contributed by atoms with E-state index in [2.05, 4.69) is 11.8 Å². The lowest BCUT2D eigenvalue weighted by Crippen LogP contribution is -2.53. The van der Waals surface area contributed by atoms with Gasteiger partial charge in [-0.2, -0.15) is 0 Å². The van der Waals surface area contributed by atoms with E-state index >= 15 is 0 Å². The zero-order valence-electron chi connectivity index (χ0n) is 12.0. The van der Waals surface area contributed by atoms with Crippen LogP contribution in [0.1, 0.15) is 23.8 Å². The van der Waals surface area contributed by atoms with Crippen LogP contribution in [-0.2, 0) is 16.1 Å². The largest absolute Gasteiger partial charge is 0.395 e. The molecule has 1 saturated heterocycles. The Bertz CT molecular complexity index is 585. The third-order valence-electron chi connectivity index (χ3n) is 3.25. The second-order valence-corrected chi connectivity index (χ2v) is 5.68. The Morgan fingerprint density at radius 3 is 2.71 bits per heavy atom. The van der Waals surface area contributed by atoms with E-state index in [1.54, 1.807) is 9.80 Å². The number of rotatable bonds is 4. The fourth-order valence-corrected chi connectivity index (χ4v) is 2.94. The van der Waals surface area contributed by atoms with Crippen molar-refractivity contribution in [3.05, 3.63) is 21.9 Å². The smallest absolute Gasteiger partial charge is 0.312 e. The fraction of sp³-hybridized carbons (Fsp3) is 0.467. The van der Waals surface area contributed by atoms with Gasteiger partial charge in [0, 0.05) is 41.9 Å².